The van der Waals surface area contributed by atoms with Gasteiger partial charge in [0.25, 0.3) is 0 Å². The number of aromatic amines is 1. The number of hydrogen-bond acceptors (Lipinski definition) is 2. The molecule has 2 amide bonds. The Kier molecular flexibility index (Phi) is 3.41. The lowest BCUT2D eigenvalue weighted by Crippen LogP contribution is -2.43. The number of amides is 2. The van der Waals surface area contributed by atoms with E-state index in [1.807, 2.05) is 42.3 Å². The Balaban J connectivity index is 1.64. The average molecular weight is 270 g/mol. The molecule has 1 aliphatic rings. The first-order chi connectivity index (χ1) is 9.74. The fraction of sp³-hybridized carbons (Fsp3) is 0.333. The maximum atomic E-state index is 12.5. The minimum atomic E-state index is 0.0640. The molecule has 5 nitrogen and oxygen atoms in total. The van der Waals surface area contributed by atoms with Crippen LogP contribution in [0, 0.1) is 0 Å². The van der Waals surface area contributed by atoms with Gasteiger partial charge in [-0.3, -0.25) is 0 Å². The number of fused-ring (bicyclic) bond motifs is 1. The van der Waals surface area contributed by atoms with E-state index in [4.69, 9.17) is 0 Å². The van der Waals surface area contributed by atoms with E-state index in [1.54, 1.807) is 11.2 Å². The summed E-state index contributed by atoms with van der Waals surface area (Å²) in [6.45, 7) is 1.98. The van der Waals surface area contributed by atoms with Crippen molar-refractivity contribution in [3.05, 3.63) is 53.6 Å². The van der Waals surface area contributed by atoms with Crippen LogP contribution in [0.4, 0.5) is 4.79 Å². The Morgan fingerprint density at radius 3 is 3.00 bits per heavy atom. The van der Waals surface area contributed by atoms with Gasteiger partial charge in [0.05, 0.1) is 24.3 Å². The van der Waals surface area contributed by atoms with Gasteiger partial charge in [-0.1, -0.05) is 30.3 Å². The first kappa shape index (κ1) is 12.7. The lowest BCUT2D eigenvalue weighted by molar-refractivity contribution is 0.154. The van der Waals surface area contributed by atoms with E-state index in [-0.39, 0.29) is 6.03 Å². The van der Waals surface area contributed by atoms with Crippen molar-refractivity contribution in [1.29, 1.82) is 0 Å². The lowest BCUT2D eigenvalue weighted by Gasteiger charge is -2.30. The number of rotatable bonds is 2. The second-order valence-corrected chi connectivity index (χ2v) is 5.12. The van der Waals surface area contributed by atoms with Crippen LogP contribution in [-0.2, 0) is 19.5 Å². The molecule has 20 heavy (non-hydrogen) atoms. The lowest BCUT2D eigenvalue weighted by atomic mass is 10.1. The van der Waals surface area contributed by atoms with Gasteiger partial charge in [0.15, 0.2) is 0 Å². The van der Waals surface area contributed by atoms with Crippen LogP contribution in [0.1, 0.15) is 17.0 Å². The Labute approximate surface area is 118 Å². The van der Waals surface area contributed by atoms with E-state index < -0.39 is 0 Å². The second-order valence-electron chi connectivity index (χ2n) is 5.12. The van der Waals surface area contributed by atoms with Crippen LogP contribution in [0.3, 0.4) is 0 Å². The van der Waals surface area contributed by atoms with Crippen molar-refractivity contribution >= 4 is 6.03 Å². The molecular weight excluding hydrogens is 252 g/mol. The van der Waals surface area contributed by atoms with Crippen molar-refractivity contribution < 1.29 is 4.79 Å². The Hall–Kier alpha value is -2.30. The standard InChI is InChI=1S/C15H18N4O/c1-18(9-12-5-3-2-4-6-12)15(20)19-8-7-13-14(10-19)17-11-16-13/h2-6,11H,7-10H2,1H3,(H,16,17). The van der Waals surface area contributed by atoms with Crippen LogP contribution in [-0.4, -0.2) is 39.4 Å². The molecule has 0 spiro atoms. The molecular formula is C15H18N4O. The SMILES string of the molecule is CN(Cc1ccccc1)C(=O)N1CCc2nc[nH]c2C1. The highest BCUT2D eigenvalue weighted by Crippen LogP contribution is 2.16. The van der Waals surface area contributed by atoms with Gasteiger partial charge in [-0.05, 0) is 5.56 Å². The Bertz CT molecular complexity index is 593. The minimum Gasteiger partial charge on any atom is -0.347 e. The normalized spacial score (nSPS) is 13.9. The summed E-state index contributed by atoms with van der Waals surface area (Å²) in [7, 11) is 1.85. The Morgan fingerprint density at radius 2 is 2.20 bits per heavy atom. The molecule has 0 aliphatic carbocycles. The van der Waals surface area contributed by atoms with Crippen LogP contribution in [0.5, 0.6) is 0 Å². The van der Waals surface area contributed by atoms with Crippen molar-refractivity contribution in [1.82, 2.24) is 19.8 Å². The smallest absolute Gasteiger partial charge is 0.320 e. The number of benzene rings is 1. The molecule has 0 unspecified atom stereocenters. The molecule has 0 saturated carbocycles. The summed E-state index contributed by atoms with van der Waals surface area (Å²) in [5, 5.41) is 0. The van der Waals surface area contributed by atoms with Crippen molar-refractivity contribution in [3.8, 4) is 0 Å². The molecule has 1 N–H and O–H groups in total. The summed E-state index contributed by atoms with van der Waals surface area (Å²) in [4.78, 5) is 23.4. The summed E-state index contributed by atoms with van der Waals surface area (Å²) in [5.41, 5.74) is 3.28. The van der Waals surface area contributed by atoms with Crippen LogP contribution in [0.15, 0.2) is 36.7 Å². The first-order valence-electron chi connectivity index (χ1n) is 6.79. The molecule has 5 heteroatoms. The summed E-state index contributed by atoms with van der Waals surface area (Å²) in [6, 6.07) is 10.1. The number of H-pyrrole nitrogens is 1. The zero-order chi connectivity index (χ0) is 13.9. The molecule has 0 fully saturated rings. The third-order valence-electron chi connectivity index (χ3n) is 3.63. The number of urea groups is 1. The number of imidazole rings is 1. The molecule has 0 atom stereocenters. The van der Waals surface area contributed by atoms with Crippen molar-refractivity contribution in [3.63, 3.8) is 0 Å². The Morgan fingerprint density at radius 1 is 1.40 bits per heavy atom. The van der Waals surface area contributed by atoms with Gasteiger partial charge in [0.1, 0.15) is 0 Å². The van der Waals surface area contributed by atoms with Gasteiger partial charge in [0.2, 0.25) is 0 Å². The van der Waals surface area contributed by atoms with Crippen molar-refractivity contribution in [2.45, 2.75) is 19.5 Å². The highest BCUT2D eigenvalue weighted by Gasteiger charge is 2.24. The van der Waals surface area contributed by atoms with Crippen LogP contribution >= 0.6 is 0 Å². The fourth-order valence-corrected chi connectivity index (χ4v) is 2.54. The minimum absolute atomic E-state index is 0.0640. The van der Waals surface area contributed by atoms with Crippen molar-refractivity contribution in [2.75, 3.05) is 13.6 Å². The zero-order valence-corrected chi connectivity index (χ0v) is 11.5. The van der Waals surface area contributed by atoms with Gasteiger partial charge in [-0.25, -0.2) is 9.78 Å². The highest BCUT2D eigenvalue weighted by atomic mass is 16.2. The van der Waals surface area contributed by atoms with E-state index in [9.17, 15) is 4.79 Å². The number of nitrogens with one attached hydrogen (secondary N) is 1. The van der Waals surface area contributed by atoms with Crippen molar-refractivity contribution in [2.24, 2.45) is 0 Å². The summed E-state index contributed by atoms with van der Waals surface area (Å²) < 4.78 is 0. The third kappa shape index (κ3) is 2.52. The zero-order valence-electron chi connectivity index (χ0n) is 11.5. The predicted octanol–water partition coefficient (Wildman–Crippen LogP) is 2.02. The fourth-order valence-electron chi connectivity index (χ4n) is 2.54. The van der Waals surface area contributed by atoms with Gasteiger partial charge in [-0.15, -0.1) is 0 Å². The van der Waals surface area contributed by atoms with Gasteiger partial charge in [0, 0.05) is 26.6 Å². The topological polar surface area (TPSA) is 52.2 Å². The largest absolute Gasteiger partial charge is 0.347 e. The second kappa shape index (κ2) is 5.36. The number of aromatic nitrogens is 2. The quantitative estimate of drug-likeness (QED) is 0.907. The summed E-state index contributed by atoms with van der Waals surface area (Å²) in [6.07, 6.45) is 2.52. The van der Waals surface area contributed by atoms with E-state index in [0.717, 1.165) is 29.9 Å². The highest BCUT2D eigenvalue weighted by molar-refractivity contribution is 5.74. The van der Waals surface area contributed by atoms with E-state index in [0.29, 0.717) is 13.1 Å². The van der Waals surface area contributed by atoms with Gasteiger partial charge in [-0.2, -0.15) is 0 Å². The van der Waals surface area contributed by atoms with Crippen LogP contribution in [0.25, 0.3) is 0 Å². The molecule has 1 aromatic carbocycles. The molecule has 3 rings (SSSR count). The van der Waals surface area contributed by atoms with Crippen LogP contribution in [0.2, 0.25) is 0 Å². The van der Waals surface area contributed by atoms with E-state index in [1.165, 1.54) is 0 Å². The van der Waals surface area contributed by atoms with Gasteiger partial charge >= 0.3 is 6.03 Å². The monoisotopic (exact) mass is 270 g/mol. The molecule has 0 radical (unpaired) electrons. The maximum Gasteiger partial charge on any atom is 0.320 e. The maximum absolute atomic E-state index is 12.5. The number of carbonyl (C=O) groups is 1. The summed E-state index contributed by atoms with van der Waals surface area (Å²) >= 11 is 0. The predicted molar refractivity (Wildman–Crippen MR) is 76.0 cm³/mol. The number of hydrogen-bond donors (Lipinski definition) is 1. The first-order valence-corrected chi connectivity index (χ1v) is 6.79. The molecule has 0 saturated heterocycles. The molecule has 2 heterocycles. The molecule has 104 valence electrons. The van der Waals surface area contributed by atoms with Gasteiger partial charge < -0.3 is 14.8 Å². The van der Waals surface area contributed by atoms with E-state index >= 15 is 0 Å². The number of nitrogens with zero attached hydrogens (tertiary/aromatic N) is 3. The van der Waals surface area contributed by atoms with E-state index in [2.05, 4.69) is 9.97 Å². The molecule has 2 aromatic rings. The molecule has 0 bridgehead atoms. The summed E-state index contributed by atoms with van der Waals surface area (Å²) in [5.74, 6) is 0. The molecule has 1 aliphatic heterocycles. The average Bonchev–Trinajstić information content (AvgIpc) is 2.94. The van der Waals surface area contributed by atoms with Crippen LogP contribution < -0.4 is 0 Å². The number of carbonyl (C=O) groups excluding carboxylic acids is 1. The third-order valence-corrected chi connectivity index (χ3v) is 3.63. The molecule has 1 aromatic heterocycles.